The van der Waals surface area contributed by atoms with Gasteiger partial charge in [-0.15, -0.1) is 0 Å². The number of rotatable bonds is 44. The van der Waals surface area contributed by atoms with Gasteiger partial charge >= 0.3 is 47.8 Å². The molecule has 0 bridgehead atoms. The van der Waals surface area contributed by atoms with E-state index in [4.69, 9.17) is 45.6 Å². The second-order valence-corrected chi connectivity index (χ2v) is 18.0. The summed E-state index contributed by atoms with van der Waals surface area (Å²) in [5, 5.41) is 78.8. The number of esters is 3. The normalized spacial score (nSPS) is 12.4. The first-order chi connectivity index (χ1) is 33.2. The maximum atomic E-state index is 11.7. The van der Waals surface area contributed by atoms with Gasteiger partial charge in [0.25, 0.3) is 0 Å². The van der Waals surface area contributed by atoms with E-state index >= 15 is 0 Å². The molecule has 408 valence electrons. The quantitative estimate of drug-likeness (QED) is 0.0119. The van der Waals surface area contributed by atoms with Crippen molar-refractivity contribution < 1.29 is 93.8 Å². The molecule has 9 N–H and O–H groups in total. The number of carboxylic acid groups (broad SMARTS) is 5. The van der Waals surface area contributed by atoms with E-state index in [2.05, 4.69) is 30.7 Å². The molecule has 0 radical (unpaired) electrons. The maximum absolute atomic E-state index is 11.7. The Morgan fingerprint density at radius 1 is 0.429 bits per heavy atom. The summed E-state index contributed by atoms with van der Waals surface area (Å²) in [6.45, 7) is 4.00. The van der Waals surface area contributed by atoms with Gasteiger partial charge in [0.05, 0.1) is 32.3 Å². The average molecular weight is 1010 g/mol. The van der Waals surface area contributed by atoms with Gasteiger partial charge in [-0.1, -0.05) is 167 Å². The Labute approximate surface area is 415 Å². The van der Waals surface area contributed by atoms with E-state index in [0.29, 0.717) is 12.8 Å². The lowest BCUT2D eigenvalue weighted by molar-refractivity contribution is -0.174. The molecule has 2 unspecified atom stereocenters. The Morgan fingerprint density at radius 2 is 0.729 bits per heavy atom. The number of allylic oxidation sites excluding steroid dienone is 2. The van der Waals surface area contributed by atoms with Gasteiger partial charge < -0.3 is 55.4 Å². The molecule has 0 saturated heterocycles. The van der Waals surface area contributed by atoms with Crippen LogP contribution in [0.2, 0.25) is 0 Å². The van der Waals surface area contributed by atoms with Crippen LogP contribution in [0.3, 0.4) is 0 Å². The van der Waals surface area contributed by atoms with Crippen LogP contribution in [0.15, 0.2) is 12.2 Å². The predicted molar refractivity (Wildman–Crippen MR) is 261 cm³/mol. The van der Waals surface area contributed by atoms with Crippen LogP contribution in [0, 0.1) is 0 Å². The number of ether oxygens (including phenoxy) is 2. The Morgan fingerprint density at radius 3 is 1.04 bits per heavy atom. The number of carbonyl (C=O) groups is 8. The SMILES string of the molecule is CCCCCCCC/C=C\CCCCCCCC(=O)OCC(O)CO.CCCCCCCCCCCCCCCCCC(=O)OC(=O)CC(O)(CC(=O)O)C(=O)O.O=C(O)CC(O)(CC(=O)O)C(=O)O. The molecule has 0 aliphatic rings. The zero-order valence-electron chi connectivity index (χ0n) is 42.3. The molecule has 19 nitrogen and oxygen atoms in total. The fourth-order valence-corrected chi connectivity index (χ4v) is 6.93. The van der Waals surface area contributed by atoms with Crippen LogP contribution in [0.4, 0.5) is 0 Å². The summed E-state index contributed by atoms with van der Waals surface area (Å²) < 4.78 is 9.36. The smallest absolute Gasteiger partial charge is 0.336 e. The van der Waals surface area contributed by atoms with Crippen molar-refractivity contribution in [1.82, 2.24) is 0 Å². The van der Waals surface area contributed by atoms with Gasteiger partial charge in [0.15, 0.2) is 11.2 Å². The second kappa shape index (κ2) is 46.9. The van der Waals surface area contributed by atoms with Crippen molar-refractivity contribution in [2.45, 2.75) is 249 Å². The maximum Gasteiger partial charge on any atom is 0.336 e. The first-order valence-electron chi connectivity index (χ1n) is 25.6. The van der Waals surface area contributed by atoms with Crippen LogP contribution < -0.4 is 0 Å². The van der Waals surface area contributed by atoms with E-state index in [1.807, 2.05) is 0 Å². The first kappa shape index (κ1) is 69.8. The third-order valence-electron chi connectivity index (χ3n) is 11.1. The highest BCUT2D eigenvalue weighted by Gasteiger charge is 2.42. The number of unbranched alkanes of at least 4 members (excludes halogenated alkanes) is 25. The average Bonchev–Trinajstić information content (AvgIpc) is 3.27. The lowest BCUT2D eigenvalue weighted by Gasteiger charge is -2.19. The summed E-state index contributed by atoms with van der Waals surface area (Å²) in [6, 6.07) is 0. The van der Waals surface area contributed by atoms with E-state index in [0.717, 1.165) is 44.9 Å². The Kier molecular flexibility index (Phi) is 46.8. The van der Waals surface area contributed by atoms with E-state index in [9.17, 15) is 43.5 Å². The van der Waals surface area contributed by atoms with Crippen molar-refractivity contribution in [3.8, 4) is 0 Å². The van der Waals surface area contributed by atoms with Crippen molar-refractivity contribution in [2.24, 2.45) is 0 Å². The molecule has 0 aliphatic heterocycles. The monoisotopic (exact) mass is 1010 g/mol. The molecule has 0 amide bonds. The summed E-state index contributed by atoms with van der Waals surface area (Å²) in [7, 11) is 0. The summed E-state index contributed by atoms with van der Waals surface area (Å²) in [4.78, 5) is 86.8. The molecule has 0 spiro atoms. The number of carbonyl (C=O) groups excluding carboxylic acids is 3. The van der Waals surface area contributed by atoms with Crippen LogP contribution in [0.5, 0.6) is 0 Å². The highest BCUT2D eigenvalue weighted by molar-refractivity contribution is 5.92. The first-order valence-corrected chi connectivity index (χ1v) is 25.6. The number of hydrogen-bond acceptors (Lipinski definition) is 14. The van der Waals surface area contributed by atoms with Crippen molar-refractivity contribution in [1.29, 1.82) is 0 Å². The minimum absolute atomic E-state index is 0.0222. The standard InChI is InChI=1S/C24H42O8.C21H40O4.C6H8O7/c1-2-3-4-5-6-7-8-9-10-11-12-13-14-15-16-17-21(27)32-22(28)19-24(31,23(29)30)18-20(25)26;1-2-3-4-5-6-7-8-9-10-11-12-13-14-15-16-17-21(24)25-19-20(23)18-22;7-3(8)1-6(13,5(11)12)2-4(9)10/h31H,2-19H2,1H3,(H,25,26)(H,29,30);9-10,20,22-23H,2-8,11-19H2,1H3;13H,1-2H2,(H,7,8)(H,9,10)(H,11,12)/b;10-9-;. The van der Waals surface area contributed by atoms with Gasteiger partial charge in [-0.2, -0.15) is 0 Å². The summed E-state index contributed by atoms with van der Waals surface area (Å²) in [6.07, 6.45) is 33.4. The fraction of sp³-hybridized carbons (Fsp3) is 0.804. The van der Waals surface area contributed by atoms with Gasteiger partial charge in [0.2, 0.25) is 0 Å². The molecule has 0 aliphatic carbocycles. The topological polar surface area (TPSA) is 337 Å². The van der Waals surface area contributed by atoms with E-state index in [-0.39, 0.29) is 25.6 Å². The van der Waals surface area contributed by atoms with Crippen LogP contribution in [0.1, 0.15) is 232 Å². The molecule has 0 saturated carbocycles. The van der Waals surface area contributed by atoms with E-state index < -0.39 is 84.8 Å². The number of aliphatic hydroxyl groups excluding tert-OH is 2. The predicted octanol–water partition coefficient (Wildman–Crippen LogP) is 8.67. The van der Waals surface area contributed by atoms with Crippen LogP contribution >= 0.6 is 0 Å². The minimum Gasteiger partial charge on any atom is -0.481 e. The molecule has 70 heavy (non-hydrogen) atoms. The zero-order valence-corrected chi connectivity index (χ0v) is 42.3. The highest BCUT2D eigenvalue weighted by atomic mass is 16.6. The molecular formula is C51H90O19. The molecule has 2 atom stereocenters. The van der Waals surface area contributed by atoms with Gasteiger partial charge in [-0.3, -0.25) is 28.8 Å². The van der Waals surface area contributed by atoms with Crippen LogP contribution in [-0.2, 0) is 47.8 Å². The van der Waals surface area contributed by atoms with Gasteiger partial charge in [0, 0.05) is 12.8 Å². The van der Waals surface area contributed by atoms with Crippen molar-refractivity contribution in [2.75, 3.05) is 13.2 Å². The number of carboxylic acids is 5. The molecule has 0 aromatic carbocycles. The van der Waals surface area contributed by atoms with Crippen LogP contribution in [0.25, 0.3) is 0 Å². The molecule has 0 rings (SSSR count). The molecule has 0 fully saturated rings. The second-order valence-electron chi connectivity index (χ2n) is 18.0. The summed E-state index contributed by atoms with van der Waals surface area (Å²) in [5.41, 5.74) is -5.53. The van der Waals surface area contributed by atoms with Crippen LogP contribution in [-0.4, -0.2) is 124 Å². The van der Waals surface area contributed by atoms with Gasteiger partial charge in [-0.25, -0.2) is 9.59 Å². The van der Waals surface area contributed by atoms with Gasteiger partial charge in [-0.05, 0) is 38.5 Å². The molecular weight excluding hydrogens is 917 g/mol. The van der Waals surface area contributed by atoms with Crippen molar-refractivity contribution in [3.05, 3.63) is 12.2 Å². The molecule has 0 aromatic rings. The number of hydrogen-bond donors (Lipinski definition) is 9. The number of aliphatic carboxylic acids is 5. The summed E-state index contributed by atoms with van der Waals surface area (Å²) >= 11 is 0. The Bertz CT molecular complexity index is 1430. The highest BCUT2D eigenvalue weighted by Crippen LogP contribution is 2.19. The lowest BCUT2D eigenvalue weighted by atomic mass is 9.96. The molecule has 19 heteroatoms. The van der Waals surface area contributed by atoms with E-state index in [1.54, 1.807) is 0 Å². The summed E-state index contributed by atoms with van der Waals surface area (Å²) in [5.74, 6) is -10.8. The van der Waals surface area contributed by atoms with Crippen molar-refractivity contribution in [3.63, 3.8) is 0 Å². The fourth-order valence-electron chi connectivity index (χ4n) is 6.93. The Hall–Kier alpha value is -4.46. The largest absolute Gasteiger partial charge is 0.481 e. The lowest BCUT2D eigenvalue weighted by Crippen LogP contribution is -2.43. The minimum atomic E-state index is -2.79. The zero-order chi connectivity index (χ0) is 53.5. The third kappa shape index (κ3) is 47.2. The molecule has 0 aromatic heterocycles. The third-order valence-corrected chi connectivity index (χ3v) is 11.1. The van der Waals surface area contributed by atoms with Crippen molar-refractivity contribution >= 4 is 47.8 Å². The van der Waals surface area contributed by atoms with E-state index in [1.165, 1.54) is 128 Å². The number of aliphatic hydroxyl groups is 4. The van der Waals surface area contributed by atoms with Gasteiger partial charge in [0.1, 0.15) is 12.7 Å². The Balaban J connectivity index is -0.00000104. The molecule has 0 heterocycles.